The minimum absolute atomic E-state index is 0.0930. The number of aromatic nitrogens is 4. The van der Waals surface area contributed by atoms with Crippen LogP contribution in [0.5, 0.6) is 5.75 Å². The number of halogens is 4. The maximum Gasteiger partial charge on any atom is 0.377 e. The van der Waals surface area contributed by atoms with Gasteiger partial charge in [-0.05, 0) is 26.0 Å². The number of nitrogens with zero attached hydrogens (tertiary/aromatic N) is 4. The van der Waals surface area contributed by atoms with Gasteiger partial charge in [0.15, 0.2) is 0 Å². The van der Waals surface area contributed by atoms with Crippen LogP contribution in [0.2, 0.25) is 0 Å². The fourth-order valence-corrected chi connectivity index (χ4v) is 3.15. The van der Waals surface area contributed by atoms with Crippen LogP contribution in [0.1, 0.15) is 13.8 Å². The quantitative estimate of drug-likeness (QED) is 0.658. The SMILES string of the molecule is CC(C)Oc1cc(N2CC(F)(F)OC(F)(F)C2)nc2c(-c3ccn[nH]3)nccc12. The number of H-pyrrole nitrogens is 1. The summed E-state index contributed by atoms with van der Waals surface area (Å²) < 4.78 is 64.3. The molecule has 0 aliphatic carbocycles. The molecule has 7 nitrogen and oxygen atoms in total. The smallest absolute Gasteiger partial charge is 0.377 e. The number of rotatable bonds is 4. The fraction of sp³-hybridized carbons (Fsp3) is 0.389. The summed E-state index contributed by atoms with van der Waals surface area (Å²) in [7, 11) is 0. The average molecular weight is 411 g/mol. The summed E-state index contributed by atoms with van der Waals surface area (Å²) in [5, 5.41) is 7.21. The number of pyridine rings is 2. The van der Waals surface area contributed by atoms with Crippen LogP contribution >= 0.6 is 0 Å². The predicted molar refractivity (Wildman–Crippen MR) is 96.1 cm³/mol. The van der Waals surface area contributed by atoms with Crippen molar-refractivity contribution < 1.29 is 27.0 Å². The largest absolute Gasteiger partial charge is 0.490 e. The number of nitrogens with one attached hydrogen (secondary N) is 1. The molecule has 4 rings (SSSR count). The Morgan fingerprint density at radius 3 is 2.48 bits per heavy atom. The van der Waals surface area contributed by atoms with Gasteiger partial charge >= 0.3 is 12.2 Å². The number of hydrogen-bond donors (Lipinski definition) is 1. The van der Waals surface area contributed by atoms with Gasteiger partial charge in [0, 0.05) is 23.8 Å². The Labute approximate surface area is 162 Å². The zero-order valence-electron chi connectivity index (χ0n) is 15.5. The molecule has 1 fully saturated rings. The van der Waals surface area contributed by atoms with Crippen LogP contribution in [0.3, 0.4) is 0 Å². The normalized spacial score (nSPS) is 18.4. The molecule has 1 N–H and O–H groups in total. The molecule has 1 saturated heterocycles. The van der Waals surface area contributed by atoms with Crippen LogP contribution in [0.15, 0.2) is 30.6 Å². The topological polar surface area (TPSA) is 76.2 Å². The second-order valence-electron chi connectivity index (χ2n) is 6.90. The lowest BCUT2D eigenvalue weighted by atomic mass is 10.1. The van der Waals surface area contributed by atoms with Crippen molar-refractivity contribution in [3.63, 3.8) is 0 Å². The van der Waals surface area contributed by atoms with Crippen LogP contribution in [-0.4, -0.2) is 51.6 Å². The van der Waals surface area contributed by atoms with E-state index in [4.69, 9.17) is 4.74 Å². The summed E-state index contributed by atoms with van der Waals surface area (Å²) in [6.45, 7) is 1.45. The molecule has 0 bridgehead atoms. The highest BCUT2D eigenvalue weighted by Gasteiger charge is 2.52. The van der Waals surface area contributed by atoms with Crippen molar-refractivity contribution in [2.75, 3.05) is 18.0 Å². The van der Waals surface area contributed by atoms with E-state index in [1.807, 2.05) is 0 Å². The van der Waals surface area contributed by atoms with Gasteiger partial charge in [0.25, 0.3) is 0 Å². The average Bonchev–Trinajstić information content (AvgIpc) is 3.12. The van der Waals surface area contributed by atoms with E-state index in [0.717, 1.165) is 4.90 Å². The molecule has 154 valence electrons. The molecule has 4 heterocycles. The lowest BCUT2D eigenvalue weighted by molar-refractivity contribution is -0.380. The summed E-state index contributed by atoms with van der Waals surface area (Å²) in [6.07, 6.45) is -5.24. The highest BCUT2D eigenvalue weighted by Crippen LogP contribution is 2.39. The minimum Gasteiger partial charge on any atom is -0.490 e. The standard InChI is InChI=1S/C18H17F4N5O2/c1-10(2)28-13-7-14(27-8-17(19,20)29-18(21,22)9-27)25-15-11(13)3-5-23-16(15)12-4-6-24-26-12/h3-7,10H,8-9H2,1-2H3,(H,24,26). The predicted octanol–water partition coefficient (Wildman–Crippen LogP) is 3.83. The Balaban J connectivity index is 1.89. The van der Waals surface area contributed by atoms with Gasteiger partial charge in [-0.1, -0.05) is 0 Å². The number of fused-ring (bicyclic) bond motifs is 1. The number of aromatic amines is 1. The molecule has 0 atom stereocenters. The molecule has 0 aromatic carbocycles. The van der Waals surface area contributed by atoms with Gasteiger partial charge < -0.3 is 9.64 Å². The number of morpholine rings is 1. The van der Waals surface area contributed by atoms with Gasteiger partial charge in [-0.15, -0.1) is 0 Å². The maximum atomic E-state index is 13.7. The molecule has 3 aromatic rings. The number of anilines is 1. The Morgan fingerprint density at radius 2 is 1.86 bits per heavy atom. The number of alkyl halides is 4. The fourth-order valence-electron chi connectivity index (χ4n) is 3.15. The Bertz CT molecular complexity index is 1010. The maximum absolute atomic E-state index is 13.7. The van der Waals surface area contributed by atoms with Gasteiger partial charge in [-0.25, -0.2) is 4.98 Å². The first-order valence-corrected chi connectivity index (χ1v) is 8.80. The van der Waals surface area contributed by atoms with Crippen LogP contribution in [0, 0.1) is 0 Å². The van der Waals surface area contributed by atoms with Crippen molar-refractivity contribution in [1.82, 2.24) is 20.2 Å². The van der Waals surface area contributed by atoms with Gasteiger partial charge in [-0.2, -0.15) is 22.7 Å². The first-order chi connectivity index (χ1) is 13.6. The zero-order chi connectivity index (χ0) is 20.8. The lowest BCUT2D eigenvalue weighted by Gasteiger charge is -2.37. The third kappa shape index (κ3) is 3.95. The minimum atomic E-state index is -4.03. The van der Waals surface area contributed by atoms with Crippen molar-refractivity contribution in [2.24, 2.45) is 0 Å². The summed E-state index contributed by atoms with van der Waals surface area (Å²) in [5.74, 6) is 0.228. The van der Waals surface area contributed by atoms with E-state index in [1.54, 1.807) is 32.2 Å². The lowest BCUT2D eigenvalue weighted by Crippen LogP contribution is -2.55. The van der Waals surface area contributed by atoms with E-state index in [9.17, 15) is 17.6 Å². The van der Waals surface area contributed by atoms with Crippen molar-refractivity contribution in [1.29, 1.82) is 0 Å². The molecule has 29 heavy (non-hydrogen) atoms. The van der Waals surface area contributed by atoms with Crippen LogP contribution in [-0.2, 0) is 4.74 Å². The molecule has 3 aromatic heterocycles. The first kappa shape index (κ1) is 19.4. The van der Waals surface area contributed by atoms with Crippen LogP contribution in [0.4, 0.5) is 23.4 Å². The molecule has 0 saturated carbocycles. The number of ether oxygens (including phenoxy) is 2. The summed E-state index contributed by atoms with van der Waals surface area (Å²) in [6, 6.07) is 4.69. The van der Waals surface area contributed by atoms with E-state index >= 15 is 0 Å². The molecular weight excluding hydrogens is 394 g/mol. The monoisotopic (exact) mass is 411 g/mol. The van der Waals surface area contributed by atoms with E-state index in [1.165, 1.54) is 12.3 Å². The summed E-state index contributed by atoms with van der Waals surface area (Å²) in [4.78, 5) is 9.43. The van der Waals surface area contributed by atoms with Crippen LogP contribution in [0.25, 0.3) is 22.3 Å². The van der Waals surface area contributed by atoms with Crippen molar-refractivity contribution in [3.8, 4) is 17.1 Å². The van der Waals surface area contributed by atoms with Crippen molar-refractivity contribution in [2.45, 2.75) is 32.2 Å². The number of hydrogen-bond acceptors (Lipinski definition) is 6. The zero-order valence-corrected chi connectivity index (χ0v) is 15.5. The van der Waals surface area contributed by atoms with E-state index < -0.39 is 25.3 Å². The highest BCUT2D eigenvalue weighted by molar-refractivity contribution is 5.95. The van der Waals surface area contributed by atoms with Gasteiger partial charge in [0.2, 0.25) is 0 Å². The van der Waals surface area contributed by atoms with E-state index in [-0.39, 0.29) is 11.9 Å². The molecule has 0 radical (unpaired) electrons. The Hall–Kier alpha value is -2.95. The molecule has 0 amide bonds. The molecule has 1 aliphatic heterocycles. The van der Waals surface area contributed by atoms with Gasteiger partial charge in [0.05, 0.1) is 11.8 Å². The molecule has 11 heteroatoms. The Kier molecular flexibility index (Phi) is 4.56. The molecular formula is C18H17F4N5O2. The summed E-state index contributed by atoms with van der Waals surface area (Å²) >= 11 is 0. The molecule has 0 spiro atoms. The second-order valence-corrected chi connectivity index (χ2v) is 6.90. The van der Waals surface area contributed by atoms with Gasteiger partial charge in [0.1, 0.15) is 35.9 Å². The molecule has 0 unspecified atom stereocenters. The van der Waals surface area contributed by atoms with E-state index in [0.29, 0.717) is 28.0 Å². The third-order valence-corrected chi connectivity index (χ3v) is 4.17. The highest BCUT2D eigenvalue weighted by atomic mass is 19.3. The molecule has 1 aliphatic rings. The van der Waals surface area contributed by atoms with E-state index in [2.05, 4.69) is 24.9 Å². The summed E-state index contributed by atoms with van der Waals surface area (Å²) in [5.41, 5.74) is 1.23. The second kappa shape index (κ2) is 6.83. The first-order valence-electron chi connectivity index (χ1n) is 8.80. The van der Waals surface area contributed by atoms with Crippen molar-refractivity contribution >= 4 is 16.7 Å². The van der Waals surface area contributed by atoms with Crippen LogP contribution < -0.4 is 9.64 Å². The third-order valence-electron chi connectivity index (χ3n) is 4.17. The van der Waals surface area contributed by atoms with Gasteiger partial charge in [-0.3, -0.25) is 14.8 Å². The van der Waals surface area contributed by atoms with Crippen molar-refractivity contribution in [3.05, 3.63) is 30.6 Å². The Morgan fingerprint density at radius 1 is 1.14 bits per heavy atom.